The summed E-state index contributed by atoms with van der Waals surface area (Å²) in [6.45, 7) is 1.29. The summed E-state index contributed by atoms with van der Waals surface area (Å²) in [5.74, 6) is 0.604. The Balaban J connectivity index is 2.38. The zero-order valence-corrected chi connectivity index (χ0v) is 17.7. The molecule has 0 bridgehead atoms. The Kier molecular flexibility index (Phi) is 5.75. The van der Waals surface area contributed by atoms with Crippen molar-refractivity contribution in [2.75, 3.05) is 14.2 Å². The van der Waals surface area contributed by atoms with Gasteiger partial charge in [-0.2, -0.15) is 21.0 Å². The maximum absolute atomic E-state index is 12.9. The van der Waals surface area contributed by atoms with Gasteiger partial charge in [0, 0.05) is 6.92 Å². The molecule has 3 rings (SSSR count). The fourth-order valence-electron chi connectivity index (χ4n) is 4.40. The van der Waals surface area contributed by atoms with Crippen molar-refractivity contribution < 1.29 is 14.3 Å². The SMILES string of the molecule is COc1ccc([C@@H]2N(C(C)=O)[C@@H](c3ccc(OC)cc3)C(C#N)(C#N)C2(C#N)C#N)cc1. The lowest BCUT2D eigenvalue weighted by atomic mass is 9.61. The van der Waals surface area contributed by atoms with Gasteiger partial charge in [0.25, 0.3) is 0 Å². The van der Waals surface area contributed by atoms with Gasteiger partial charge >= 0.3 is 0 Å². The zero-order chi connectivity index (χ0) is 23.5. The van der Waals surface area contributed by atoms with Crippen LogP contribution in [0.4, 0.5) is 0 Å². The Hall–Kier alpha value is -4.53. The lowest BCUT2D eigenvalue weighted by Crippen LogP contribution is -2.39. The van der Waals surface area contributed by atoms with Gasteiger partial charge in [-0.15, -0.1) is 0 Å². The third kappa shape index (κ3) is 2.90. The van der Waals surface area contributed by atoms with Gasteiger partial charge in [-0.3, -0.25) is 4.79 Å². The Labute approximate surface area is 186 Å². The predicted octanol–water partition coefficient (Wildman–Crippen LogP) is 3.42. The number of nitriles is 4. The summed E-state index contributed by atoms with van der Waals surface area (Å²) in [6, 6.07) is 18.5. The van der Waals surface area contributed by atoms with Gasteiger partial charge in [0.05, 0.1) is 50.6 Å². The molecule has 0 unspecified atom stereocenters. The van der Waals surface area contributed by atoms with Crippen LogP contribution in [-0.2, 0) is 4.79 Å². The molecule has 1 amide bonds. The maximum Gasteiger partial charge on any atom is 0.220 e. The molecule has 0 spiro atoms. The van der Waals surface area contributed by atoms with Crippen LogP contribution in [0.2, 0.25) is 0 Å². The molecule has 158 valence electrons. The monoisotopic (exact) mass is 425 g/mol. The number of ether oxygens (including phenoxy) is 2. The first-order chi connectivity index (χ1) is 15.4. The van der Waals surface area contributed by atoms with E-state index in [1.54, 1.807) is 48.5 Å². The molecule has 1 heterocycles. The summed E-state index contributed by atoms with van der Waals surface area (Å²) in [6.07, 6.45) is 0. The van der Waals surface area contributed by atoms with Crippen molar-refractivity contribution in [2.45, 2.75) is 19.0 Å². The first-order valence-corrected chi connectivity index (χ1v) is 9.61. The van der Waals surface area contributed by atoms with Gasteiger partial charge in [0.15, 0.2) is 0 Å². The van der Waals surface area contributed by atoms with E-state index in [2.05, 4.69) is 0 Å². The minimum absolute atomic E-state index is 0.440. The quantitative estimate of drug-likeness (QED) is 0.732. The molecule has 0 radical (unpaired) electrons. The van der Waals surface area contributed by atoms with E-state index in [1.807, 2.05) is 24.3 Å². The molecule has 0 N–H and O–H groups in total. The van der Waals surface area contributed by atoms with Crippen LogP contribution < -0.4 is 9.47 Å². The van der Waals surface area contributed by atoms with Gasteiger partial charge in [-0.1, -0.05) is 24.3 Å². The van der Waals surface area contributed by atoms with Crippen molar-refractivity contribution in [3.05, 3.63) is 59.7 Å². The van der Waals surface area contributed by atoms with E-state index in [-0.39, 0.29) is 0 Å². The Morgan fingerprint density at radius 1 is 0.750 bits per heavy atom. The molecule has 2 aromatic carbocycles. The van der Waals surface area contributed by atoms with Crippen molar-refractivity contribution in [3.8, 4) is 35.8 Å². The molecule has 1 fully saturated rings. The largest absolute Gasteiger partial charge is 0.497 e. The molecule has 0 aliphatic carbocycles. The second-order valence-electron chi connectivity index (χ2n) is 7.34. The molecule has 1 aliphatic rings. The predicted molar refractivity (Wildman–Crippen MR) is 111 cm³/mol. The minimum atomic E-state index is -2.15. The molecule has 2 aromatic rings. The average Bonchev–Trinajstić information content (AvgIpc) is 3.11. The summed E-state index contributed by atoms with van der Waals surface area (Å²) in [4.78, 5) is 14.2. The van der Waals surface area contributed by atoms with E-state index in [9.17, 15) is 25.8 Å². The number of nitrogens with zero attached hydrogens (tertiary/aromatic N) is 5. The molecule has 1 saturated heterocycles. The number of carbonyl (C=O) groups excluding carboxylic acids is 1. The first-order valence-electron chi connectivity index (χ1n) is 9.61. The van der Waals surface area contributed by atoms with Crippen LogP contribution >= 0.6 is 0 Å². The van der Waals surface area contributed by atoms with Gasteiger partial charge in [0.1, 0.15) is 11.5 Å². The smallest absolute Gasteiger partial charge is 0.220 e. The van der Waals surface area contributed by atoms with Gasteiger partial charge in [-0.05, 0) is 35.4 Å². The number of benzene rings is 2. The van der Waals surface area contributed by atoms with Crippen LogP contribution in [-0.4, -0.2) is 25.0 Å². The minimum Gasteiger partial charge on any atom is -0.497 e. The fraction of sp³-hybridized carbons (Fsp3) is 0.292. The number of hydrogen-bond acceptors (Lipinski definition) is 7. The Bertz CT molecular complexity index is 1080. The number of methoxy groups -OCH3 is 2. The summed E-state index contributed by atoms with van der Waals surface area (Å²) in [7, 11) is 2.99. The maximum atomic E-state index is 12.9. The molecule has 1 aliphatic heterocycles. The van der Waals surface area contributed by atoms with E-state index in [0.717, 1.165) is 0 Å². The van der Waals surface area contributed by atoms with Gasteiger partial charge in [0.2, 0.25) is 16.7 Å². The Morgan fingerprint density at radius 3 is 1.28 bits per heavy atom. The topological polar surface area (TPSA) is 134 Å². The number of hydrogen-bond donors (Lipinski definition) is 0. The number of rotatable bonds is 4. The van der Waals surface area contributed by atoms with Crippen molar-refractivity contribution in [3.63, 3.8) is 0 Å². The third-order valence-corrected chi connectivity index (χ3v) is 5.93. The number of carbonyl (C=O) groups is 1. The van der Waals surface area contributed by atoms with Crippen LogP contribution in [0.1, 0.15) is 30.1 Å². The van der Waals surface area contributed by atoms with Gasteiger partial charge in [-0.25, -0.2) is 0 Å². The molecule has 8 nitrogen and oxygen atoms in total. The van der Waals surface area contributed by atoms with Crippen LogP contribution in [0.5, 0.6) is 11.5 Å². The molecular weight excluding hydrogens is 406 g/mol. The van der Waals surface area contributed by atoms with Crippen LogP contribution in [0.25, 0.3) is 0 Å². The molecule has 0 aromatic heterocycles. The standard InChI is InChI=1S/C24H19N5O3/c1-16(30)29-21(17-4-8-19(31-2)9-5-17)23(12-25,13-26)24(14-27,15-28)22(29)18-6-10-20(32-3)11-7-18/h4-11,21-22H,1-3H3/t21-,22-/m0/s1. The van der Waals surface area contributed by atoms with E-state index in [1.165, 1.54) is 26.0 Å². The van der Waals surface area contributed by atoms with Gasteiger partial charge < -0.3 is 14.4 Å². The van der Waals surface area contributed by atoms with E-state index in [0.29, 0.717) is 22.6 Å². The van der Waals surface area contributed by atoms with E-state index in [4.69, 9.17) is 9.47 Å². The average molecular weight is 425 g/mol. The molecule has 8 heteroatoms. The third-order valence-electron chi connectivity index (χ3n) is 5.93. The highest BCUT2D eigenvalue weighted by Crippen LogP contribution is 2.65. The van der Waals surface area contributed by atoms with E-state index < -0.39 is 28.8 Å². The highest BCUT2D eigenvalue weighted by molar-refractivity contribution is 5.77. The second kappa shape index (κ2) is 8.31. The number of likely N-dealkylation sites (tertiary alicyclic amines) is 1. The molecule has 0 saturated carbocycles. The van der Waals surface area contributed by atoms with Crippen LogP contribution in [0, 0.1) is 56.2 Å². The summed E-state index contributed by atoms with van der Waals surface area (Å²) < 4.78 is 10.4. The zero-order valence-electron chi connectivity index (χ0n) is 17.7. The lowest BCUT2D eigenvalue weighted by Gasteiger charge is -2.31. The first kappa shape index (κ1) is 22.2. The summed E-state index contributed by atoms with van der Waals surface area (Å²) in [5, 5.41) is 40.9. The summed E-state index contributed by atoms with van der Waals surface area (Å²) in [5.41, 5.74) is -3.42. The number of amides is 1. The molecule has 32 heavy (non-hydrogen) atoms. The Morgan fingerprint density at radius 2 is 1.06 bits per heavy atom. The highest BCUT2D eigenvalue weighted by Gasteiger charge is 2.73. The summed E-state index contributed by atoms with van der Waals surface area (Å²) >= 11 is 0. The second-order valence-corrected chi connectivity index (χ2v) is 7.34. The fourth-order valence-corrected chi connectivity index (χ4v) is 4.40. The highest BCUT2D eigenvalue weighted by atomic mass is 16.5. The van der Waals surface area contributed by atoms with E-state index >= 15 is 0 Å². The van der Waals surface area contributed by atoms with Crippen molar-refractivity contribution in [2.24, 2.45) is 10.8 Å². The van der Waals surface area contributed by atoms with Crippen molar-refractivity contribution >= 4 is 5.91 Å². The molecular formula is C24H19N5O3. The lowest BCUT2D eigenvalue weighted by molar-refractivity contribution is -0.132. The van der Waals surface area contributed by atoms with Crippen molar-refractivity contribution in [1.29, 1.82) is 21.0 Å². The van der Waals surface area contributed by atoms with Crippen LogP contribution in [0.3, 0.4) is 0 Å². The normalized spacial score (nSPS) is 20.2. The molecule has 2 atom stereocenters. The van der Waals surface area contributed by atoms with Crippen LogP contribution in [0.15, 0.2) is 48.5 Å². The van der Waals surface area contributed by atoms with Crippen molar-refractivity contribution in [1.82, 2.24) is 4.90 Å².